The summed E-state index contributed by atoms with van der Waals surface area (Å²) in [6.45, 7) is 6.20. The number of ether oxygens (including phenoxy) is 3. The van der Waals surface area contributed by atoms with Crippen LogP contribution in [0.1, 0.15) is 29.2 Å². The number of methoxy groups -OCH3 is 2. The molecule has 0 spiro atoms. The van der Waals surface area contributed by atoms with E-state index >= 15 is 0 Å². The van der Waals surface area contributed by atoms with E-state index in [-0.39, 0.29) is 6.42 Å². The predicted octanol–water partition coefficient (Wildman–Crippen LogP) is 5.34. The van der Waals surface area contributed by atoms with Gasteiger partial charge in [-0.25, -0.2) is 5.06 Å². The summed E-state index contributed by atoms with van der Waals surface area (Å²) in [4.78, 5) is 33.2. The Morgan fingerprint density at radius 1 is 0.973 bits per heavy atom. The molecule has 0 bridgehead atoms. The van der Waals surface area contributed by atoms with Crippen molar-refractivity contribution in [1.82, 2.24) is 0 Å². The first-order chi connectivity index (χ1) is 17.9. The zero-order valence-electron chi connectivity index (χ0n) is 21.3. The average molecular weight is 502 g/mol. The highest BCUT2D eigenvalue weighted by Crippen LogP contribution is 2.51. The van der Waals surface area contributed by atoms with Crippen molar-refractivity contribution in [2.75, 3.05) is 19.3 Å². The molecule has 1 saturated heterocycles. The molecule has 4 rings (SSSR count). The summed E-state index contributed by atoms with van der Waals surface area (Å²) >= 11 is 0. The SMILES string of the molecule is C=CC1CC(C(=O)OC)(C(=O)OC)C(c2ccc(OCc3ccccc3)cc2)N(c2ccccc2C)O1. The Balaban J connectivity index is 1.80. The van der Waals surface area contributed by atoms with Crippen LogP contribution in [0.15, 0.2) is 91.5 Å². The number of rotatable bonds is 8. The Bertz CT molecular complexity index is 1220. The molecule has 0 saturated carbocycles. The van der Waals surface area contributed by atoms with Gasteiger partial charge in [-0.2, -0.15) is 0 Å². The second-order valence-corrected chi connectivity index (χ2v) is 8.90. The maximum atomic E-state index is 13.5. The van der Waals surface area contributed by atoms with Gasteiger partial charge in [0, 0.05) is 6.42 Å². The Kier molecular flexibility index (Phi) is 7.94. The molecule has 3 aromatic carbocycles. The lowest BCUT2D eigenvalue weighted by atomic mass is 9.71. The number of aryl methyl sites for hydroxylation is 1. The summed E-state index contributed by atoms with van der Waals surface area (Å²) < 4.78 is 16.4. The maximum absolute atomic E-state index is 13.5. The lowest BCUT2D eigenvalue weighted by Gasteiger charge is -2.49. The van der Waals surface area contributed by atoms with E-state index in [4.69, 9.17) is 19.0 Å². The number of esters is 2. The number of para-hydroxylation sites is 1. The highest BCUT2D eigenvalue weighted by molar-refractivity contribution is 6.02. The lowest BCUT2D eigenvalue weighted by molar-refractivity contribution is -0.183. The van der Waals surface area contributed by atoms with E-state index in [1.807, 2.05) is 85.8 Å². The van der Waals surface area contributed by atoms with Crippen LogP contribution in [0.5, 0.6) is 5.75 Å². The molecule has 3 aromatic rings. The number of hydroxylamine groups is 1. The van der Waals surface area contributed by atoms with Crippen LogP contribution < -0.4 is 9.80 Å². The normalized spacial score (nSPS) is 18.5. The highest BCUT2D eigenvalue weighted by atomic mass is 16.7. The van der Waals surface area contributed by atoms with Crippen molar-refractivity contribution in [3.8, 4) is 5.75 Å². The molecule has 0 aromatic heterocycles. The van der Waals surface area contributed by atoms with Crippen molar-refractivity contribution in [2.45, 2.75) is 32.1 Å². The molecule has 2 unspecified atom stereocenters. The molecule has 192 valence electrons. The van der Waals surface area contributed by atoms with Crippen LogP contribution in [0, 0.1) is 12.3 Å². The molecule has 0 N–H and O–H groups in total. The number of carbonyl (C=O) groups excluding carboxylic acids is 2. The quantitative estimate of drug-likeness (QED) is 0.234. The summed E-state index contributed by atoms with van der Waals surface area (Å²) in [6, 6.07) is 23.9. The van der Waals surface area contributed by atoms with Crippen LogP contribution in [0.25, 0.3) is 0 Å². The first-order valence-electron chi connectivity index (χ1n) is 12.0. The third-order valence-corrected chi connectivity index (χ3v) is 6.63. The summed E-state index contributed by atoms with van der Waals surface area (Å²) in [5.41, 5.74) is 1.61. The second-order valence-electron chi connectivity index (χ2n) is 8.90. The van der Waals surface area contributed by atoms with Gasteiger partial charge in [0.2, 0.25) is 0 Å². The number of nitrogens with zero attached hydrogens (tertiary/aromatic N) is 1. The van der Waals surface area contributed by atoms with Crippen LogP contribution in [0.2, 0.25) is 0 Å². The molecular weight excluding hydrogens is 470 g/mol. The average Bonchev–Trinajstić information content (AvgIpc) is 2.95. The van der Waals surface area contributed by atoms with Gasteiger partial charge >= 0.3 is 11.9 Å². The third-order valence-electron chi connectivity index (χ3n) is 6.63. The minimum atomic E-state index is -1.71. The van der Waals surface area contributed by atoms with Crippen molar-refractivity contribution in [3.05, 3.63) is 108 Å². The summed E-state index contributed by atoms with van der Waals surface area (Å²) in [6.07, 6.45) is 0.945. The molecule has 0 amide bonds. The van der Waals surface area contributed by atoms with Gasteiger partial charge in [0.05, 0.1) is 19.9 Å². The van der Waals surface area contributed by atoms with Gasteiger partial charge in [-0.05, 0) is 41.8 Å². The first kappa shape index (κ1) is 26.0. The van der Waals surface area contributed by atoms with Crippen molar-refractivity contribution in [1.29, 1.82) is 0 Å². The van der Waals surface area contributed by atoms with Gasteiger partial charge in [0.1, 0.15) is 24.5 Å². The van der Waals surface area contributed by atoms with E-state index in [9.17, 15) is 9.59 Å². The summed E-state index contributed by atoms with van der Waals surface area (Å²) in [5, 5.41) is 1.61. The van der Waals surface area contributed by atoms with E-state index in [1.54, 1.807) is 11.1 Å². The molecule has 2 atom stereocenters. The number of carbonyl (C=O) groups is 2. The van der Waals surface area contributed by atoms with Crippen LogP contribution >= 0.6 is 0 Å². The Morgan fingerprint density at radius 3 is 2.19 bits per heavy atom. The third kappa shape index (κ3) is 5.08. The predicted molar refractivity (Wildman–Crippen MR) is 140 cm³/mol. The fraction of sp³-hybridized carbons (Fsp3) is 0.267. The lowest BCUT2D eigenvalue weighted by Crippen LogP contribution is -2.58. The van der Waals surface area contributed by atoms with Gasteiger partial charge in [0.25, 0.3) is 0 Å². The van der Waals surface area contributed by atoms with E-state index in [2.05, 4.69) is 6.58 Å². The van der Waals surface area contributed by atoms with Crippen molar-refractivity contribution in [3.63, 3.8) is 0 Å². The largest absolute Gasteiger partial charge is 0.489 e. The highest BCUT2D eigenvalue weighted by Gasteiger charge is 2.61. The Hall–Kier alpha value is -4.10. The standard InChI is InChI=1S/C30H31NO6/c1-5-24-19-30(28(32)34-3,29(33)35-4)27(31(37-24)26-14-10-9-11-21(26)2)23-15-17-25(18-16-23)36-20-22-12-7-6-8-13-22/h5-18,24,27H,1,19-20H2,2-4H3. The van der Waals surface area contributed by atoms with Crippen LogP contribution in [0.4, 0.5) is 5.69 Å². The molecule has 7 nitrogen and oxygen atoms in total. The van der Waals surface area contributed by atoms with Crippen LogP contribution in [0.3, 0.4) is 0 Å². The van der Waals surface area contributed by atoms with E-state index < -0.39 is 29.5 Å². The van der Waals surface area contributed by atoms with Gasteiger partial charge in [-0.1, -0.05) is 66.7 Å². The molecule has 0 aliphatic carbocycles. The number of anilines is 1. The molecule has 7 heteroatoms. The van der Waals surface area contributed by atoms with Gasteiger partial charge in [-0.15, -0.1) is 6.58 Å². The number of hydrogen-bond acceptors (Lipinski definition) is 7. The summed E-state index contributed by atoms with van der Waals surface area (Å²) in [5.74, 6) is -0.762. The van der Waals surface area contributed by atoms with E-state index in [0.717, 1.165) is 11.1 Å². The van der Waals surface area contributed by atoms with Gasteiger partial charge < -0.3 is 14.2 Å². The van der Waals surface area contributed by atoms with E-state index in [1.165, 1.54) is 14.2 Å². The first-order valence-corrected chi connectivity index (χ1v) is 12.0. The molecule has 0 radical (unpaired) electrons. The summed E-state index contributed by atoms with van der Waals surface area (Å²) in [7, 11) is 2.53. The number of hydrogen-bond donors (Lipinski definition) is 0. The van der Waals surface area contributed by atoms with Crippen LogP contribution in [-0.4, -0.2) is 32.3 Å². The van der Waals surface area contributed by atoms with Crippen molar-refractivity contribution < 1.29 is 28.6 Å². The topological polar surface area (TPSA) is 74.3 Å². The zero-order chi connectivity index (χ0) is 26.4. The minimum absolute atomic E-state index is 0.00908. The second kappa shape index (κ2) is 11.3. The fourth-order valence-electron chi connectivity index (χ4n) is 4.75. The molecule has 1 aliphatic heterocycles. The molecule has 1 heterocycles. The minimum Gasteiger partial charge on any atom is -0.489 e. The molecule has 1 fully saturated rings. The Labute approximate surface area is 217 Å². The number of benzene rings is 3. The van der Waals surface area contributed by atoms with E-state index in [0.29, 0.717) is 23.6 Å². The van der Waals surface area contributed by atoms with Gasteiger partial charge in [0.15, 0.2) is 5.41 Å². The monoisotopic (exact) mass is 501 g/mol. The van der Waals surface area contributed by atoms with Gasteiger partial charge in [-0.3, -0.25) is 14.4 Å². The maximum Gasteiger partial charge on any atom is 0.325 e. The Morgan fingerprint density at radius 2 is 1.59 bits per heavy atom. The zero-order valence-corrected chi connectivity index (χ0v) is 21.3. The van der Waals surface area contributed by atoms with Crippen LogP contribution in [-0.2, 0) is 30.5 Å². The smallest absolute Gasteiger partial charge is 0.325 e. The molecular formula is C30H31NO6. The van der Waals surface area contributed by atoms with Crippen molar-refractivity contribution >= 4 is 17.6 Å². The van der Waals surface area contributed by atoms with Crippen molar-refractivity contribution in [2.24, 2.45) is 5.41 Å². The fourth-order valence-corrected chi connectivity index (χ4v) is 4.75. The molecule has 37 heavy (non-hydrogen) atoms. The molecule has 1 aliphatic rings.